The average Bonchev–Trinajstić information content (AvgIpc) is 3.12. The van der Waals surface area contributed by atoms with E-state index in [1.165, 1.54) is 12.1 Å². The lowest BCUT2D eigenvalue weighted by atomic mass is 10.2. The van der Waals surface area contributed by atoms with Crippen LogP contribution in [0.5, 0.6) is 5.75 Å². The van der Waals surface area contributed by atoms with Crippen LogP contribution in [0.1, 0.15) is 24.8 Å². The highest BCUT2D eigenvalue weighted by Crippen LogP contribution is 2.20. The Morgan fingerprint density at radius 1 is 1.22 bits per heavy atom. The molecule has 1 N–H and O–H groups in total. The number of aromatic nitrogens is 2. The maximum atomic E-state index is 13.1. The first-order chi connectivity index (χ1) is 13.0. The second-order valence-corrected chi connectivity index (χ2v) is 5.98. The van der Waals surface area contributed by atoms with Gasteiger partial charge in [0.05, 0.1) is 6.61 Å². The summed E-state index contributed by atoms with van der Waals surface area (Å²) in [7, 11) is 0. The third-order valence-electron chi connectivity index (χ3n) is 3.92. The Balaban J connectivity index is 1.56. The van der Waals surface area contributed by atoms with Crippen LogP contribution in [0.25, 0.3) is 11.4 Å². The summed E-state index contributed by atoms with van der Waals surface area (Å²) in [6.45, 7) is 4.26. The van der Waals surface area contributed by atoms with Gasteiger partial charge < -0.3 is 14.6 Å². The number of nitrogens with one attached hydrogen (secondary N) is 1. The van der Waals surface area contributed by atoms with Gasteiger partial charge in [-0.2, -0.15) is 4.98 Å². The zero-order chi connectivity index (χ0) is 19.2. The van der Waals surface area contributed by atoms with Crippen LogP contribution in [0.15, 0.2) is 47.0 Å². The van der Waals surface area contributed by atoms with Crippen molar-refractivity contribution in [1.82, 2.24) is 10.1 Å². The number of hydrogen-bond donors (Lipinski definition) is 1. The molecule has 0 saturated heterocycles. The fourth-order valence-corrected chi connectivity index (χ4v) is 2.54. The smallest absolute Gasteiger partial charge is 0.227 e. The molecule has 0 bridgehead atoms. The number of amides is 1. The van der Waals surface area contributed by atoms with Crippen LogP contribution in [-0.2, 0) is 11.2 Å². The zero-order valence-corrected chi connectivity index (χ0v) is 15.2. The monoisotopic (exact) mass is 369 g/mol. The summed E-state index contributed by atoms with van der Waals surface area (Å²) in [5, 5.41) is 6.70. The van der Waals surface area contributed by atoms with Gasteiger partial charge in [0, 0.05) is 24.1 Å². The van der Waals surface area contributed by atoms with Crippen LogP contribution >= 0.6 is 0 Å². The Morgan fingerprint density at radius 3 is 2.70 bits per heavy atom. The van der Waals surface area contributed by atoms with Gasteiger partial charge in [0.2, 0.25) is 17.6 Å². The van der Waals surface area contributed by atoms with Crippen molar-refractivity contribution in [1.29, 1.82) is 0 Å². The summed E-state index contributed by atoms with van der Waals surface area (Å²) in [6.07, 6.45) is 0.498. The Bertz CT molecular complexity index is 922. The van der Waals surface area contributed by atoms with E-state index in [1.54, 1.807) is 13.0 Å². The van der Waals surface area contributed by atoms with Crippen molar-refractivity contribution < 1.29 is 18.4 Å². The minimum absolute atomic E-state index is 0.182. The summed E-state index contributed by atoms with van der Waals surface area (Å²) in [4.78, 5) is 16.4. The van der Waals surface area contributed by atoms with Gasteiger partial charge in [-0.15, -0.1) is 0 Å². The molecule has 0 aliphatic rings. The molecule has 2 aromatic carbocycles. The Kier molecular flexibility index (Phi) is 5.80. The SMILES string of the molecule is CCOc1ccc(-c2noc(CCC(=O)Nc3ccc(F)cc3C)n2)cc1. The van der Waals surface area contributed by atoms with Gasteiger partial charge in [0.15, 0.2) is 0 Å². The van der Waals surface area contributed by atoms with E-state index < -0.39 is 0 Å². The molecular formula is C20H20FN3O3. The van der Waals surface area contributed by atoms with Crippen LogP contribution in [0.3, 0.4) is 0 Å². The van der Waals surface area contributed by atoms with Crippen molar-refractivity contribution in [3.05, 3.63) is 59.7 Å². The fraction of sp³-hybridized carbons (Fsp3) is 0.250. The van der Waals surface area contributed by atoms with Gasteiger partial charge in [-0.1, -0.05) is 5.16 Å². The van der Waals surface area contributed by atoms with E-state index in [2.05, 4.69) is 15.5 Å². The standard InChI is InChI=1S/C20H20FN3O3/c1-3-26-16-7-4-14(5-8-16)20-23-19(27-24-20)11-10-18(25)22-17-9-6-15(21)12-13(17)2/h4-9,12H,3,10-11H2,1-2H3,(H,22,25). The molecule has 0 atom stereocenters. The number of nitrogens with zero attached hydrogens (tertiary/aromatic N) is 2. The van der Waals surface area contributed by atoms with Gasteiger partial charge >= 0.3 is 0 Å². The van der Waals surface area contributed by atoms with Crippen molar-refractivity contribution in [2.45, 2.75) is 26.7 Å². The lowest BCUT2D eigenvalue weighted by Crippen LogP contribution is -2.13. The third kappa shape index (κ3) is 4.91. The Hall–Kier alpha value is -3.22. The minimum atomic E-state index is -0.335. The summed E-state index contributed by atoms with van der Waals surface area (Å²) >= 11 is 0. The number of benzene rings is 2. The highest BCUT2D eigenvalue weighted by atomic mass is 19.1. The quantitative estimate of drug-likeness (QED) is 0.677. The average molecular weight is 369 g/mol. The Morgan fingerprint density at radius 2 is 2.00 bits per heavy atom. The summed E-state index contributed by atoms with van der Waals surface area (Å²) < 4.78 is 23.7. The highest BCUT2D eigenvalue weighted by molar-refractivity contribution is 5.91. The molecule has 3 rings (SSSR count). The van der Waals surface area contributed by atoms with E-state index in [0.717, 1.165) is 11.3 Å². The predicted octanol–water partition coefficient (Wildman–Crippen LogP) is 4.15. The molecule has 3 aromatic rings. The first-order valence-electron chi connectivity index (χ1n) is 8.67. The number of anilines is 1. The van der Waals surface area contributed by atoms with E-state index in [1.807, 2.05) is 31.2 Å². The van der Waals surface area contributed by atoms with Gasteiger partial charge in [0.25, 0.3) is 0 Å². The van der Waals surface area contributed by atoms with Crippen LogP contribution in [0, 0.1) is 12.7 Å². The first kappa shape index (κ1) is 18.6. The van der Waals surface area contributed by atoms with E-state index in [4.69, 9.17) is 9.26 Å². The second kappa shape index (κ2) is 8.44. The summed E-state index contributed by atoms with van der Waals surface area (Å²) in [5.41, 5.74) is 2.06. The van der Waals surface area contributed by atoms with Gasteiger partial charge in [-0.3, -0.25) is 4.79 Å². The molecule has 0 fully saturated rings. The van der Waals surface area contributed by atoms with Crippen molar-refractivity contribution in [3.8, 4) is 17.1 Å². The maximum absolute atomic E-state index is 13.1. The molecule has 6 nitrogen and oxygen atoms in total. The van der Waals surface area contributed by atoms with Gasteiger partial charge in [-0.25, -0.2) is 4.39 Å². The van der Waals surface area contributed by atoms with E-state index in [9.17, 15) is 9.18 Å². The molecule has 7 heteroatoms. The third-order valence-corrected chi connectivity index (χ3v) is 3.92. The number of carbonyl (C=O) groups excluding carboxylic acids is 1. The number of ether oxygens (including phenoxy) is 1. The molecule has 0 saturated carbocycles. The molecular weight excluding hydrogens is 349 g/mol. The number of carbonyl (C=O) groups is 1. The topological polar surface area (TPSA) is 77.2 Å². The molecule has 1 amide bonds. The lowest BCUT2D eigenvalue weighted by Gasteiger charge is -2.07. The molecule has 1 heterocycles. The lowest BCUT2D eigenvalue weighted by molar-refractivity contribution is -0.116. The van der Waals surface area contributed by atoms with Crippen LogP contribution in [0.4, 0.5) is 10.1 Å². The van der Waals surface area contributed by atoms with E-state index in [0.29, 0.717) is 36.0 Å². The number of hydrogen-bond acceptors (Lipinski definition) is 5. The first-order valence-corrected chi connectivity index (χ1v) is 8.67. The zero-order valence-electron chi connectivity index (χ0n) is 15.2. The molecule has 140 valence electrons. The molecule has 0 radical (unpaired) electrons. The van der Waals surface area contributed by atoms with Crippen LogP contribution in [0.2, 0.25) is 0 Å². The van der Waals surface area contributed by atoms with Crippen molar-refractivity contribution in [2.75, 3.05) is 11.9 Å². The predicted molar refractivity (Wildman–Crippen MR) is 99.0 cm³/mol. The van der Waals surface area contributed by atoms with Gasteiger partial charge in [0.1, 0.15) is 11.6 Å². The maximum Gasteiger partial charge on any atom is 0.227 e. The molecule has 27 heavy (non-hydrogen) atoms. The van der Waals surface area contributed by atoms with Crippen molar-refractivity contribution >= 4 is 11.6 Å². The van der Waals surface area contributed by atoms with Crippen LogP contribution < -0.4 is 10.1 Å². The number of aryl methyl sites for hydroxylation is 2. The molecule has 0 unspecified atom stereocenters. The van der Waals surface area contributed by atoms with Gasteiger partial charge in [-0.05, 0) is 61.9 Å². The molecule has 0 aliphatic heterocycles. The minimum Gasteiger partial charge on any atom is -0.494 e. The largest absolute Gasteiger partial charge is 0.494 e. The van der Waals surface area contributed by atoms with Crippen molar-refractivity contribution in [3.63, 3.8) is 0 Å². The Labute approximate surface area is 156 Å². The molecule has 0 aliphatic carbocycles. The fourth-order valence-electron chi connectivity index (χ4n) is 2.54. The molecule has 0 spiro atoms. The summed E-state index contributed by atoms with van der Waals surface area (Å²) in [6, 6.07) is 11.6. The van der Waals surface area contributed by atoms with Crippen LogP contribution in [-0.4, -0.2) is 22.7 Å². The highest BCUT2D eigenvalue weighted by Gasteiger charge is 2.12. The number of rotatable bonds is 7. The normalized spacial score (nSPS) is 10.6. The second-order valence-electron chi connectivity index (χ2n) is 5.98. The number of halogens is 1. The van der Waals surface area contributed by atoms with Crippen molar-refractivity contribution in [2.24, 2.45) is 0 Å². The molecule has 1 aromatic heterocycles. The van der Waals surface area contributed by atoms with E-state index in [-0.39, 0.29) is 18.1 Å². The summed E-state index contributed by atoms with van der Waals surface area (Å²) in [5.74, 6) is 1.08. The van der Waals surface area contributed by atoms with E-state index >= 15 is 0 Å².